The van der Waals surface area contributed by atoms with Gasteiger partial charge in [0.05, 0.1) is 39.4 Å². The van der Waals surface area contributed by atoms with Gasteiger partial charge in [-0.1, -0.05) is 289 Å². The standard InChI is InChI=1S/C102H185N5O15/c1-6-11-15-19-23-27-31-35-39-43-47-51-55-59-63-71-98(112)119-87-81-106(82-88-120-99(113)72-64-60-56-52-48-44-40-36-32-28-24-20-16-12-7-2)96(110)77-75-94(108)103-79-68-67-70-93(102(116)104-80-69-86-118-92-91-117-85-10-5)105-95(109)76-78-97(111)107(83-89-121-100(114)73-65-61-57-53-49-45-41-37-33-29-25-21-17-13-8-3)84-90-122-101(115)74-66-62-58-54-50-46-42-38-34-30-26-22-18-14-9-4/h35-42,93H,6-34,43-92H2,1-5H3,(H,103,108)(H,104,116)(H,105,109)/b39-35-,40-36-,41-37-,42-38-/t93-/m1/s1. The Morgan fingerprint density at radius 2 is 0.516 bits per heavy atom. The molecule has 0 aromatic rings. The van der Waals surface area contributed by atoms with E-state index >= 15 is 0 Å². The van der Waals surface area contributed by atoms with E-state index < -0.39 is 23.8 Å². The molecule has 0 saturated carbocycles. The van der Waals surface area contributed by atoms with Crippen LogP contribution in [0, 0.1) is 0 Å². The van der Waals surface area contributed by atoms with E-state index in [0.29, 0.717) is 71.4 Å². The number of esters is 4. The second-order valence-corrected chi connectivity index (χ2v) is 33.8. The van der Waals surface area contributed by atoms with Crippen molar-refractivity contribution in [2.75, 3.05) is 92.1 Å². The Hall–Kier alpha value is -5.89. The first-order valence-electron chi connectivity index (χ1n) is 50.6. The molecule has 0 bridgehead atoms. The van der Waals surface area contributed by atoms with Crippen LogP contribution in [0.25, 0.3) is 0 Å². The van der Waals surface area contributed by atoms with E-state index in [1.807, 2.05) is 6.92 Å². The SMILES string of the molecule is CCCCCCCC/C=C\CCCCCCCC(=O)OCCN(CCOC(=O)CCCCCCC/C=C\CCCCCCCC)C(=O)CCC(=O)NCCCC[C@@H](NC(=O)CCC(=O)N(CCOC(=O)CCCCCCC/C=C\CCCCCCCC)CCOC(=O)CCCCCCC/C=C\CCCCCCCC)C(=O)NCCCOCCOCCC. The van der Waals surface area contributed by atoms with Gasteiger partial charge in [0.25, 0.3) is 0 Å². The monoisotopic (exact) mass is 1720 g/mol. The summed E-state index contributed by atoms with van der Waals surface area (Å²) in [6.45, 7) is 13.6. The summed E-state index contributed by atoms with van der Waals surface area (Å²) in [5.41, 5.74) is 0. The van der Waals surface area contributed by atoms with Crippen LogP contribution in [0.2, 0.25) is 0 Å². The van der Waals surface area contributed by atoms with Gasteiger partial charge in [0.2, 0.25) is 29.5 Å². The summed E-state index contributed by atoms with van der Waals surface area (Å²) < 4.78 is 33.6. The number of amides is 5. The van der Waals surface area contributed by atoms with Gasteiger partial charge in [-0.3, -0.25) is 43.2 Å². The van der Waals surface area contributed by atoms with Crippen LogP contribution in [0.4, 0.5) is 0 Å². The smallest absolute Gasteiger partial charge is 0.305 e. The third-order valence-electron chi connectivity index (χ3n) is 22.3. The van der Waals surface area contributed by atoms with Gasteiger partial charge < -0.3 is 54.2 Å². The molecule has 0 aromatic heterocycles. The van der Waals surface area contributed by atoms with Crippen molar-refractivity contribution in [2.45, 2.75) is 458 Å². The zero-order valence-corrected chi connectivity index (χ0v) is 79.1. The van der Waals surface area contributed by atoms with E-state index in [1.165, 1.54) is 164 Å². The molecule has 0 rings (SSSR count). The van der Waals surface area contributed by atoms with Gasteiger partial charge in [-0.25, -0.2) is 0 Å². The Bertz CT molecular complexity index is 2460. The van der Waals surface area contributed by atoms with Gasteiger partial charge >= 0.3 is 23.9 Å². The number of carbonyl (C=O) groups is 9. The molecule has 5 amide bonds. The van der Waals surface area contributed by atoms with Crippen LogP contribution in [0.1, 0.15) is 452 Å². The van der Waals surface area contributed by atoms with Crippen LogP contribution < -0.4 is 16.0 Å². The normalized spacial score (nSPS) is 11.8. The lowest BCUT2D eigenvalue weighted by Crippen LogP contribution is -2.47. The van der Waals surface area contributed by atoms with Crippen molar-refractivity contribution in [2.24, 2.45) is 0 Å². The molecule has 0 heterocycles. The molecular formula is C102H185N5O15. The molecule has 0 aliphatic rings. The van der Waals surface area contributed by atoms with Crippen molar-refractivity contribution in [1.82, 2.24) is 25.8 Å². The van der Waals surface area contributed by atoms with E-state index in [9.17, 15) is 43.2 Å². The van der Waals surface area contributed by atoms with Crippen molar-refractivity contribution in [1.29, 1.82) is 0 Å². The summed E-state index contributed by atoms with van der Waals surface area (Å²) in [6.07, 6.45) is 81.5. The van der Waals surface area contributed by atoms with Gasteiger partial charge in [-0.15, -0.1) is 0 Å². The Balaban J connectivity index is 5.77. The fourth-order valence-corrected chi connectivity index (χ4v) is 14.5. The van der Waals surface area contributed by atoms with Gasteiger partial charge in [0.1, 0.15) is 32.5 Å². The maximum absolute atomic E-state index is 14.0. The Morgan fingerprint density at radius 3 is 0.820 bits per heavy atom. The Kier molecular flexibility index (Phi) is 89.7. The first-order chi connectivity index (χ1) is 59.8. The molecule has 0 radical (unpaired) electrons. The van der Waals surface area contributed by atoms with Gasteiger partial charge in [-0.2, -0.15) is 0 Å². The minimum Gasteiger partial charge on any atom is -0.464 e. The third kappa shape index (κ3) is 84.9. The Labute approximate surface area is 745 Å². The molecule has 0 saturated heterocycles. The van der Waals surface area contributed by atoms with Gasteiger partial charge in [0.15, 0.2) is 0 Å². The Morgan fingerprint density at radius 1 is 0.246 bits per heavy atom. The average molecular weight is 1720 g/mol. The molecule has 1 atom stereocenters. The molecule has 122 heavy (non-hydrogen) atoms. The number of allylic oxidation sites excluding steroid dienone is 8. The fourth-order valence-electron chi connectivity index (χ4n) is 14.5. The van der Waals surface area contributed by atoms with E-state index in [1.54, 1.807) is 0 Å². The predicted octanol–water partition coefficient (Wildman–Crippen LogP) is 24.2. The molecule has 0 aliphatic carbocycles. The van der Waals surface area contributed by atoms with Crippen LogP contribution in [0.5, 0.6) is 0 Å². The number of hydrogen-bond acceptors (Lipinski definition) is 15. The lowest BCUT2D eigenvalue weighted by molar-refractivity contribution is -0.148. The molecule has 0 unspecified atom stereocenters. The van der Waals surface area contributed by atoms with E-state index in [2.05, 4.69) is 92.3 Å². The molecule has 708 valence electrons. The number of ether oxygens (including phenoxy) is 6. The first-order valence-corrected chi connectivity index (χ1v) is 50.6. The summed E-state index contributed by atoms with van der Waals surface area (Å²) in [4.78, 5) is 123. The highest BCUT2D eigenvalue weighted by atomic mass is 16.5. The van der Waals surface area contributed by atoms with Crippen LogP contribution in [0.15, 0.2) is 48.6 Å². The lowest BCUT2D eigenvalue weighted by atomic mass is 10.1. The van der Waals surface area contributed by atoms with Gasteiger partial charge in [0, 0.05) is 77.7 Å². The van der Waals surface area contributed by atoms with Crippen molar-refractivity contribution in [3.05, 3.63) is 48.6 Å². The summed E-state index contributed by atoms with van der Waals surface area (Å²) in [5, 5.41) is 8.67. The number of nitrogens with zero attached hydrogens (tertiary/aromatic N) is 2. The molecule has 20 heteroatoms. The average Bonchev–Trinajstić information content (AvgIpc) is 0.915. The molecule has 20 nitrogen and oxygen atoms in total. The quantitative estimate of drug-likeness (QED) is 0.0222. The van der Waals surface area contributed by atoms with Crippen molar-refractivity contribution in [3.63, 3.8) is 0 Å². The highest BCUT2D eigenvalue weighted by Gasteiger charge is 2.24. The number of rotatable bonds is 94. The second kappa shape index (κ2) is 94.2. The van der Waals surface area contributed by atoms with Crippen molar-refractivity contribution in [3.8, 4) is 0 Å². The van der Waals surface area contributed by atoms with Crippen molar-refractivity contribution >= 4 is 53.4 Å². The van der Waals surface area contributed by atoms with E-state index in [-0.39, 0.29) is 146 Å². The summed E-state index contributed by atoms with van der Waals surface area (Å²) >= 11 is 0. The van der Waals surface area contributed by atoms with E-state index in [0.717, 1.165) is 173 Å². The minimum absolute atomic E-state index is 0.0263. The number of nitrogens with one attached hydrogen (secondary N) is 3. The number of hydrogen-bond donors (Lipinski definition) is 3. The molecular weight excluding hydrogens is 1540 g/mol. The van der Waals surface area contributed by atoms with Crippen molar-refractivity contribution < 1.29 is 71.6 Å². The number of unbranched alkanes of at least 4 members (excludes halogenated alkanes) is 45. The maximum Gasteiger partial charge on any atom is 0.305 e. The summed E-state index contributed by atoms with van der Waals surface area (Å²) in [5.74, 6) is -3.34. The van der Waals surface area contributed by atoms with Crippen LogP contribution >= 0.6 is 0 Å². The first kappa shape index (κ1) is 116. The van der Waals surface area contributed by atoms with Crippen LogP contribution in [-0.4, -0.2) is 161 Å². The van der Waals surface area contributed by atoms with Gasteiger partial charge in [-0.05, 0) is 161 Å². The fraction of sp³-hybridized carbons (Fsp3) is 0.833. The summed E-state index contributed by atoms with van der Waals surface area (Å²) in [7, 11) is 0. The van der Waals surface area contributed by atoms with Crippen LogP contribution in [0.3, 0.4) is 0 Å². The zero-order chi connectivity index (χ0) is 88.8. The topological polar surface area (TPSA) is 252 Å². The zero-order valence-electron chi connectivity index (χ0n) is 79.1. The predicted molar refractivity (Wildman–Crippen MR) is 502 cm³/mol. The van der Waals surface area contributed by atoms with Crippen LogP contribution in [-0.2, 0) is 71.6 Å². The largest absolute Gasteiger partial charge is 0.464 e. The highest BCUT2D eigenvalue weighted by molar-refractivity contribution is 5.89. The highest BCUT2D eigenvalue weighted by Crippen LogP contribution is 2.18. The number of carbonyl (C=O) groups excluding carboxylic acids is 9. The summed E-state index contributed by atoms with van der Waals surface area (Å²) in [6, 6.07) is -0.962. The van der Waals surface area contributed by atoms with E-state index in [4.69, 9.17) is 28.4 Å². The third-order valence-corrected chi connectivity index (χ3v) is 22.3. The maximum atomic E-state index is 14.0. The lowest BCUT2D eigenvalue weighted by Gasteiger charge is -2.23. The molecule has 0 fully saturated rings. The molecule has 0 aliphatic heterocycles. The molecule has 0 aromatic carbocycles. The second-order valence-electron chi connectivity index (χ2n) is 33.8. The molecule has 3 N–H and O–H groups in total. The minimum atomic E-state index is -0.962. The molecule has 0 spiro atoms.